The van der Waals surface area contributed by atoms with Crippen LogP contribution in [-0.2, 0) is 25.7 Å². The molecule has 0 spiro atoms. The minimum Gasteiger partial charge on any atom is -0.481 e. The van der Waals surface area contributed by atoms with Gasteiger partial charge in [-0.1, -0.05) is 54.6 Å². The van der Waals surface area contributed by atoms with Crippen LogP contribution in [0, 0.1) is 0 Å². The van der Waals surface area contributed by atoms with Crippen molar-refractivity contribution in [3.63, 3.8) is 0 Å². The van der Waals surface area contributed by atoms with E-state index in [1.165, 1.54) is 4.90 Å². The normalized spacial score (nSPS) is 19.3. The van der Waals surface area contributed by atoms with E-state index in [-0.39, 0.29) is 37.6 Å². The Balaban J connectivity index is 1.43. The number of aliphatic hydroxyl groups is 1. The van der Waals surface area contributed by atoms with E-state index in [1.807, 2.05) is 54.6 Å². The first-order valence-corrected chi connectivity index (χ1v) is 13.3. The Kier molecular flexibility index (Phi) is 9.73. The van der Waals surface area contributed by atoms with Crippen LogP contribution in [0.15, 0.2) is 83.8 Å². The van der Waals surface area contributed by atoms with Gasteiger partial charge in [-0.05, 0) is 41.8 Å². The minimum absolute atomic E-state index is 0.00364. The van der Waals surface area contributed by atoms with Crippen LogP contribution in [0.1, 0.15) is 54.8 Å². The Morgan fingerprint density at radius 2 is 1.59 bits per heavy atom. The lowest BCUT2D eigenvalue weighted by atomic mass is 10.0. The second kappa shape index (κ2) is 13.4. The predicted octanol–water partition coefficient (Wildman–Crippen LogP) is 5.71. The largest absolute Gasteiger partial charge is 0.481 e. The second-order valence-corrected chi connectivity index (χ2v) is 9.99. The number of carboxylic acids is 1. The van der Waals surface area contributed by atoms with Gasteiger partial charge >= 0.3 is 5.97 Å². The molecule has 4 rings (SSSR count). The Bertz CT molecular complexity index is 1150. The molecule has 0 radical (unpaired) electrons. The summed E-state index contributed by atoms with van der Waals surface area (Å²) in [6, 6.07) is 25.3. The van der Waals surface area contributed by atoms with Crippen molar-refractivity contribution in [3.8, 4) is 0 Å². The monoisotopic (exact) mass is 521 g/mol. The average molecular weight is 522 g/mol. The van der Waals surface area contributed by atoms with Crippen molar-refractivity contribution in [2.24, 2.45) is 0 Å². The van der Waals surface area contributed by atoms with E-state index in [4.69, 9.17) is 14.6 Å². The van der Waals surface area contributed by atoms with Gasteiger partial charge in [-0.2, -0.15) is 0 Å². The number of aliphatic hydroxyl groups excluding tert-OH is 1. The van der Waals surface area contributed by atoms with Gasteiger partial charge in [-0.3, -0.25) is 9.59 Å². The van der Waals surface area contributed by atoms with Crippen LogP contribution >= 0.6 is 11.8 Å². The first kappa shape index (κ1) is 26.9. The summed E-state index contributed by atoms with van der Waals surface area (Å²) in [5.41, 5.74) is 3.36. The van der Waals surface area contributed by atoms with Gasteiger partial charge in [0.25, 0.3) is 0 Å². The fourth-order valence-corrected chi connectivity index (χ4v) is 5.02. The molecule has 1 heterocycles. The molecule has 3 atom stereocenters. The number of amides is 1. The predicted molar refractivity (Wildman–Crippen MR) is 142 cm³/mol. The maximum atomic E-state index is 12.1. The van der Waals surface area contributed by atoms with E-state index in [1.54, 1.807) is 23.9 Å². The van der Waals surface area contributed by atoms with Gasteiger partial charge in [0.1, 0.15) is 0 Å². The molecular weight excluding hydrogens is 490 g/mol. The maximum Gasteiger partial charge on any atom is 0.303 e. The molecule has 1 aliphatic heterocycles. The van der Waals surface area contributed by atoms with E-state index in [0.29, 0.717) is 18.5 Å². The Morgan fingerprint density at radius 3 is 2.27 bits per heavy atom. The van der Waals surface area contributed by atoms with Gasteiger partial charge in [0.05, 0.1) is 18.8 Å². The number of rotatable bonds is 11. The third kappa shape index (κ3) is 8.16. The molecule has 0 aliphatic carbocycles. The number of hydrogen-bond donors (Lipinski definition) is 3. The minimum atomic E-state index is -0.909. The lowest BCUT2D eigenvalue weighted by Crippen LogP contribution is -2.31. The molecule has 194 valence electrons. The van der Waals surface area contributed by atoms with Crippen molar-refractivity contribution < 1.29 is 29.3 Å². The smallest absolute Gasteiger partial charge is 0.303 e. The molecule has 3 unspecified atom stereocenters. The van der Waals surface area contributed by atoms with Crippen LogP contribution in [-0.4, -0.2) is 33.9 Å². The van der Waals surface area contributed by atoms with Crippen LogP contribution in [0.3, 0.4) is 0 Å². The van der Waals surface area contributed by atoms with Crippen LogP contribution in [0.5, 0.6) is 0 Å². The van der Waals surface area contributed by atoms with E-state index < -0.39 is 12.3 Å². The van der Waals surface area contributed by atoms with Crippen molar-refractivity contribution in [3.05, 3.63) is 95.6 Å². The van der Waals surface area contributed by atoms with E-state index >= 15 is 0 Å². The summed E-state index contributed by atoms with van der Waals surface area (Å²) in [4.78, 5) is 23.9. The second-order valence-electron chi connectivity index (χ2n) is 8.89. The van der Waals surface area contributed by atoms with Crippen LogP contribution in [0.4, 0.5) is 5.69 Å². The highest BCUT2D eigenvalue weighted by molar-refractivity contribution is 7.99. The highest BCUT2D eigenvalue weighted by Gasteiger charge is 2.32. The number of carbonyl (C=O) groups excluding carboxylic acids is 1. The molecule has 0 aromatic heterocycles. The summed E-state index contributed by atoms with van der Waals surface area (Å²) in [5.74, 6) is -0.351. The molecule has 1 aliphatic rings. The maximum absolute atomic E-state index is 12.1. The zero-order valence-corrected chi connectivity index (χ0v) is 21.2. The van der Waals surface area contributed by atoms with Crippen molar-refractivity contribution in [1.82, 2.24) is 0 Å². The number of thioether (sulfide) groups is 1. The molecule has 3 N–H and O–H groups in total. The summed E-state index contributed by atoms with van der Waals surface area (Å²) in [6.07, 6.45) is 0.349. The number of ether oxygens (including phenoxy) is 2. The summed E-state index contributed by atoms with van der Waals surface area (Å²) in [7, 11) is 0. The summed E-state index contributed by atoms with van der Waals surface area (Å²) < 4.78 is 12.7. The van der Waals surface area contributed by atoms with Crippen molar-refractivity contribution in [2.45, 2.75) is 55.7 Å². The molecular formula is C29H31NO6S. The first-order chi connectivity index (χ1) is 18.0. The number of benzene rings is 3. The molecule has 3 aromatic rings. The zero-order chi connectivity index (χ0) is 26.0. The Morgan fingerprint density at radius 1 is 0.892 bits per heavy atom. The fourth-order valence-electron chi connectivity index (χ4n) is 4.08. The van der Waals surface area contributed by atoms with Crippen molar-refractivity contribution in [1.29, 1.82) is 0 Å². The molecule has 8 heteroatoms. The van der Waals surface area contributed by atoms with Gasteiger partial charge in [-0.25, -0.2) is 0 Å². The highest BCUT2D eigenvalue weighted by Crippen LogP contribution is 2.39. The Labute approximate surface area is 220 Å². The molecule has 7 nitrogen and oxygen atoms in total. The Hall–Kier alpha value is -3.17. The third-order valence-corrected chi connectivity index (χ3v) is 7.20. The number of anilines is 1. The van der Waals surface area contributed by atoms with Crippen LogP contribution < -0.4 is 5.32 Å². The number of nitrogens with one attached hydrogen (secondary N) is 1. The number of aliphatic carboxylic acids is 1. The summed E-state index contributed by atoms with van der Waals surface area (Å²) in [5, 5.41) is 20.9. The molecule has 0 saturated carbocycles. The lowest BCUT2D eigenvalue weighted by Gasteiger charge is -2.36. The quantitative estimate of drug-likeness (QED) is 0.278. The average Bonchev–Trinajstić information content (AvgIpc) is 2.92. The molecule has 1 saturated heterocycles. The van der Waals surface area contributed by atoms with Gasteiger partial charge in [0.2, 0.25) is 5.91 Å². The van der Waals surface area contributed by atoms with Crippen LogP contribution in [0.2, 0.25) is 0 Å². The molecule has 37 heavy (non-hydrogen) atoms. The number of carbonyl (C=O) groups is 2. The lowest BCUT2D eigenvalue weighted by molar-refractivity contribution is -0.245. The molecule has 1 fully saturated rings. The number of hydrogen-bond acceptors (Lipinski definition) is 6. The van der Waals surface area contributed by atoms with E-state index in [0.717, 1.165) is 22.4 Å². The van der Waals surface area contributed by atoms with Gasteiger partial charge in [0, 0.05) is 41.2 Å². The SMILES string of the molecule is O=C(O)CCCC(=O)Nc1ccc(C2OC(CSc3ccccc3)CC(c3ccc(CO)cc3)O2)cc1. The molecule has 3 aromatic carbocycles. The number of carboxylic acid groups (broad SMARTS) is 1. The van der Waals surface area contributed by atoms with Crippen LogP contribution in [0.25, 0.3) is 0 Å². The van der Waals surface area contributed by atoms with E-state index in [9.17, 15) is 14.7 Å². The summed E-state index contributed by atoms with van der Waals surface area (Å²) in [6.45, 7) is -0.00364. The molecule has 0 bridgehead atoms. The van der Waals surface area contributed by atoms with E-state index in [2.05, 4.69) is 17.4 Å². The summed E-state index contributed by atoms with van der Waals surface area (Å²) >= 11 is 1.75. The standard InChI is InChI=1S/C29H31NO6S/c31-18-20-9-11-21(12-10-20)26-17-24(19-37-25-5-2-1-3-6-25)35-29(36-26)22-13-15-23(16-14-22)30-27(32)7-4-8-28(33)34/h1-3,5-6,9-16,24,26,29,31H,4,7-8,17-19H2,(H,30,32)(H,33,34). The highest BCUT2D eigenvalue weighted by atomic mass is 32.2. The topological polar surface area (TPSA) is 105 Å². The van der Waals surface area contributed by atoms with Gasteiger partial charge < -0.3 is 25.0 Å². The van der Waals surface area contributed by atoms with Crippen molar-refractivity contribution >= 4 is 29.3 Å². The van der Waals surface area contributed by atoms with Crippen molar-refractivity contribution in [2.75, 3.05) is 11.1 Å². The fraction of sp³-hybridized carbons (Fsp3) is 0.310. The molecule has 1 amide bonds. The zero-order valence-electron chi connectivity index (χ0n) is 20.4. The first-order valence-electron chi connectivity index (χ1n) is 12.3. The van der Waals surface area contributed by atoms with Gasteiger partial charge in [0.15, 0.2) is 6.29 Å². The third-order valence-electron chi connectivity index (χ3n) is 6.06. The van der Waals surface area contributed by atoms with Gasteiger partial charge in [-0.15, -0.1) is 11.8 Å².